The normalized spacial score (nSPS) is 14.7. The van der Waals surface area contributed by atoms with E-state index in [1.54, 1.807) is 18.2 Å². The van der Waals surface area contributed by atoms with Gasteiger partial charge in [0.05, 0.1) is 18.7 Å². The van der Waals surface area contributed by atoms with Gasteiger partial charge in [-0.25, -0.2) is 0 Å². The fraction of sp³-hybridized carbons (Fsp3) is 0.391. The first-order valence-corrected chi connectivity index (χ1v) is 9.86. The van der Waals surface area contributed by atoms with Gasteiger partial charge in [0, 0.05) is 38.8 Å². The summed E-state index contributed by atoms with van der Waals surface area (Å²) in [6.45, 7) is 6.25. The fourth-order valence-electron chi connectivity index (χ4n) is 3.49. The van der Waals surface area contributed by atoms with Crippen LogP contribution in [0.4, 0.5) is 0 Å². The summed E-state index contributed by atoms with van der Waals surface area (Å²) in [6.07, 6.45) is 0.942. The molecule has 0 atom stereocenters. The van der Waals surface area contributed by atoms with E-state index in [4.69, 9.17) is 14.7 Å². The molecule has 2 aromatic carbocycles. The Bertz CT molecular complexity index is 891. The smallest absolute Gasteiger partial charge is 0.260 e. The Morgan fingerprint density at radius 2 is 1.93 bits per heavy atom. The molecule has 29 heavy (non-hydrogen) atoms. The number of amides is 1. The second kappa shape index (κ2) is 9.94. The van der Waals surface area contributed by atoms with Crippen molar-refractivity contribution in [2.45, 2.75) is 19.9 Å². The van der Waals surface area contributed by atoms with E-state index in [9.17, 15) is 4.79 Å². The first-order valence-electron chi connectivity index (χ1n) is 9.86. The van der Waals surface area contributed by atoms with Gasteiger partial charge in [-0.05, 0) is 36.6 Å². The Balaban J connectivity index is 1.53. The second-order valence-corrected chi connectivity index (χ2v) is 7.20. The van der Waals surface area contributed by atoms with Crippen LogP contribution in [-0.2, 0) is 11.3 Å². The summed E-state index contributed by atoms with van der Waals surface area (Å²) in [6, 6.07) is 15.4. The van der Waals surface area contributed by atoms with Gasteiger partial charge in [-0.3, -0.25) is 9.69 Å². The molecule has 1 amide bonds. The maximum absolute atomic E-state index is 12.7. The van der Waals surface area contributed by atoms with Crippen LogP contribution in [0, 0.1) is 18.3 Å². The first kappa shape index (κ1) is 20.7. The van der Waals surface area contributed by atoms with Crippen LogP contribution >= 0.6 is 0 Å². The Morgan fingerprint density at radius 3 is 2.69 bits per heavy atom. The summed E-state index contributed by atoms with van der Waals surface area (Å²) in [5.74, 6) is 0.891. The molecule has 0 bridgehead atoms. The van der Waals surface area contributed by atoms with Crippen molar-refractivity contribution in [1.82, 2.24) is 9.80 Å². The number of ether oxygens (including phenoxy) is 2. The van der Waals surface area contributed by atoms with E-state index in [1.807, 2.05) is 4.90 Å². The molecule has 1 fully saturated rings. The molecule has 0 unspecified atom stereocenters. The van der Waals surface area contributed by atoms with E-state index in [1.165, 1.54) is 18.2 Å². The van der Waals surface area contributed by atoms with E-state index in [0.29, 0.717) is 23.6 Å². The zero-order valence-electron chi connectivity index (χ0n) is 17.1. The molecule has 2 aromatic rings. The standard InChI is InChI=1S/C23H27N3O3/c1-18-6-3-4-7-20(18)16-25-10-5-11-26(13-12-25)23(27)17-29-21-9-8-19(15-24)14-22(21)28-2/h3-4,6-9,14H,5,10-13,16-17H2,1-2H3. The third-order valence-electron chi connectivity index (χ3n) is 5.24. The monoisotopic (exact) mass is 393 g/mol. The van der Waals surface area contributed by atoms with Gasteiger partial charge in [-0.1, -0.05) is 24.3 Å². The molecule has 3 rings (SSSR count). The molecule has 0 saturated carbocycles. The van der Waals surface area contributed by atoms with Crippen LogP contribution in [0.1, 0.15) is 23.1 Å². The van der Waals surface area contributed by atoms with Gasteiger partial charge in [-0.2, -0.15) is 5.26 Å². The Morgan fingerprint density at radius 1 is 1.10 bits per heavy atom. The van der Waals surface area contributed by atoms with Gasteiger partial charge >= 0.3 is 0 Å². The van der Waals surface area contributed by atoms with E-state index in [-0.39, 0.29) is 12.5 Å². The number of hydrogen-bond acceptors (Lipinski definition) is 5. The minimum Gasteiger partial charge on any atom is -0.493 e. The lowest BCUT2D eigenvalue weighted by Gasteiger charge is -2.23. The largest absolute Gasteiger partial charge is 0.493 e. The molecule has 0 N–H and O–H groups in total. The molecular weight excluding hydrogens is 366 g/mol. The number of carbonyl (C=O) groups is 1. The summed E-state index contributed by atoms with van der Waals surface area (Å²) in [5, 5.41) is 8.98. The summed E-state index contributed by atoms with van der Waals surface area (Å²) < 4.78 is 10.9. The number of rotatable bonds is 6. The van der Waals surface area contributed by atoms with Gasteiger partial charge in [0.15, 0.2) is 18.1 Å². The van der Waals surface area contributed by atoms with E-state index < -0.39 is 0 Å². The molecule has 6 heteroatoms. The molecule has 1 aliphatic rings. The number of nitriles is 1. The lowest BCUT2D eigenvalue weighted by molar-refractivity contribution is -0.133. The van der Waals surface area contributed by atoms with Crippen molar-refractivity contribution < 1.29 is 14.3 Å². The molecule has 152 valence electrons. The Labute approximate surface area is 172 Å². The van der Waals surface area contributed by atoms with Crippen LogP contribution in [0.2, 0.25) is 0 Å². The molecule has 1 saturated heterocycles. The SMILES string of the molecule is COc1cc(C#N)ccc1OCC(=O)N1CCCN(Cc2ccccc2C)CC1. The summed E-state index contributed by atoms with van der Waals surface area (Å²) in [7, 11) is 1.52. The summed E-state index contributed by atoms with van der Waals surface area (Å²) in [4.78, 5) is 16.9. The minimum absolute atomic E-state index is 0.0332. The number of carbonyl (C=O) groups excluding carboxylic acids is 1. The topological polar surface area (TPSA) is 65.8 Å². The molecule has 0 spiro atoms. The number of hydrogen-bond donors (Lipinski definition) is 0. The van der Waals surface area contributed by atoms with Crippen molar-refractivity contribution in [2.24, 2.45) is 0 Å². The average Bonchev–Trinajstić information content (AvgIpc) is 2.99. The van der Waals surface area contributed by atoms with Crippen molar-refractivity contribution in [3.63, 3.8) is 0 Å². The number of nitrogens with zero attached hydrogens (tertiary/aromatic N) is 3. The zero-order valence-corrected chi connectivity index (χ0v) is 17.1. The molecular formula is C23H27N3O3. The Hall–Kier alpha value is -3.04. The first-order chi connectivity index (χ1) is 14.1. The zero-order chi connectivity index (χ0) is 20.6. The second-order valence-electron chi connectivity index (χ2n) is 7.20. The lowest BCUT2D eigenvalue weighted by Crippen LogP contribution is -2.38. The van der Waals surface area contributed by atoms with Crippen molar-refractivity contribution >= 4 is 5.91 Å². The number of benzene rings is 2. The third kappa shape index (κ3) is 5.49. The van der Waals surface area contributed by atoms with Gasteiger partial charge in [0.2, 0.25) is 0 Å². The number of aryl methyl sites for hydroxylation is 1. The highest BCUT2D eigenvalue weighted by atomic mass is 16.5. The van der Waals surface area contributed by atoms with Crippen molar-refractivity contribution in [3.05, 3.63) is 59.2 Å². The number of methoxy groups -OCH3 is 1. The summed E-state index contributed by atoms with van der Waals surface area (Å²) >= 11 is 0. The molecule has 1 aliphatic heterocycles. The van der Waals surface area contributed by atoms with Crippen LogP contribution in [-0.4, -0.2) is 55.6 Å². The average molecular weight is 393 g/mol. The van der Waals surface area contributed by atoms with Crippen LogP contribution in [0.3, 0.4) is 0 Å². The minimum atomic E-state index is -0.0416. The Kier molecular flexibility index (Phi) is 7.09. The van der Waals surface area contributed by atoms with Gasteiger partial charge in [-0.15, -0.1) is 0 Å². The highest BCUT2D eigenvalue weighted by Gasteiger charge is 2.20. The van der Waals surface area contributed by atoms with Crippen LogP contribution in [0.15, 0.2) is 42.5 Å². The quantitative estimate of drug-likeness (QED) is 0.755. The molecule has 6 nitrogen and oxygen atoms in total. The van der Waals surface area contributed by atoms with E-state index in [2.05, 4.69) is 42.2 Å². The maximum Gasteiger partial charge on any atom is 0.260 e. The van der Waals surface area contributed by atoms with Gasteiger partial charge in [0.25, 0.3) is 5.91 Å². The molecule has 0 aromatic heterocycles. The summed E-state index contributed by atoms with van der Waals surface area (Å²) in [5.41, 5.74) is 3.12. The highest BCUT2D eigenvalue weighted by molar-refractivity contribution is 5.78. The predicted molar refractivity (Wildman–Crippen MR) is 111 cm³/mol. The van der Waals surface area contributed by atoms with E-state index in [0.717, 1.165) is 32.6 Å². The maximum atomic E-state index is 12.7. The predicted octanol–water partition coefficient (Wildman–Crippen LogP) is 2.99. The van der Waals surface area contributed by atoms with E-state index >= 15 is 0 Å². The third-order valence-corrected chi connectivity index (χ3v) is 5.24. The van der Waals surface area contributed by atoms with Crippen LogP contribution < -0.4 is 9.47 Å². The molecule has 1 heterocycles. The van der Waals surface area contributed by atoms with Gasteiger partial charge < -0.3 is 14.4 Å². The molecule has 0 aliphatic carbocycles. The van der Waals surface area contributed by atoms with Crippen LogP contribution in [0.25, 0.3) is 0 Å². The molecule has 0 radical (unpaired) electrons. The van der Waals surface area contributed by atoms with Crippen molar-refractivity contribution in [2.75, 3.05) is 39.9 Å². The van der Waals surface area contributed by atoms with Crippen LogP contribution in [0.5, 0.6) is 11.5 Å². The van der Waals surface area contributed by atoms with Crippen molar-refractivity contribution in [3.8, 4) is 17.6 Å². The highest BCUT2D eigenvalue weighted by Crippen LogP contribution is 2.27. The lowest BCUT2D eigenvalue weighted by atomic mass is 10.1. The van der Waals surface area contributed by atoms with Gasteiger partial charge in [0.1, 0.15) is 0 Å². The fourth-order valence-corrected chi connectivity index (χ4v) is 3.49. The van der Waals surface area contributed by atoms with Crippen molar-refractivity contribution in [1.29, 1.82) is 5.26 Å².